The highest BCUT2D eigenvalue weighted by Crippen LogP contribution is 2.14. The Morgan fingerprint density at radius 1 is 1.38 bits per heavy atom. The molecule has 1 aromatic heterocycles. The summed E-state index contributed by atoms with van der Waals surface area (Å²) in [5.41, 5.74) is 2.28. The molecule has 1 unspecified atom stereocenters. The monoisotopic (exact) mass is 220 g/mol. The van der Waals surface area contributed by atoms with Gasteiger partial charge in [-0.1, -0.05) is 0 Å². The zero-order valence-corrected chi connectivity index (χ0v) is 10.1. The smallest absolute Gasteiger partial charge is 0.182 e. The zero-order valence-electron chi connectivity index (χ0n) is 10.1. The molecule has 0 aromatic carbocycles. The summed E-state index contributed by atoms with van der Waals surface area (Å²) in [5, 5.41) is 3.39. The molecule has 0 bridgehead atoms. The lowest BCUT2D eigenvalue weighted by atomic mass is 10.0. The third-order valence-corrected chi connectivity index (χ3v) is 3.48. The minimum absolute atomic E-state index is 0.119. The lowest BCUT2D eigenvalue weighted by Gasteiger charge is -2.16. The van der Waals surface area contributed by atoms with E-state index >= 15 is 0 Å². The number of aromatic nitrogens is 1. The lowest BCUT2D eigenvalue weighted by Crippen LogP contribution is -2.16. The molecule has 1 aliphatic heterocycles. The van der Waals surface area contributed by atoms with Gasteiger partial charge in [0.05, 0.1) is 0 Å². The molecular formula is C13H20N2O. The van der Waals surface area contributed by atoms with Crippen LogP contribution in [0.25, 0.3) is 0 Å². The van der Waals surface area contributed by atoms with Crippen LogP contribution in [0.1, 0.15) is 24.2 Å². The quantitative estimate of drug-likeness (QED) is 0.837. The van der Waals surface area contributed by atoms with E-state index < -0.39 is 0 Å². The fraction of sp³-hybridized carbons (Fsp3) is 0.615. The van der Waals surface area contributed by atoms with E-state index in [0.717, 1.165) is 36.9 Å². The molecule has 2 rings (SSSR count). The van der Waals surface area contributed by atoms with Gasteiger partial charge in [0.25, 0.3) is 0 Å². The van der Waals surface area contributed by atoms with Crippen molar-refractivity contribution in [2.24, 2.45) is 5.92 Å². The van der Waals surface area contributed by atoms with Gasteiger partial charge in [-0.05, 0) is 45.7 Å². The Balaban J connectivity index is 2.05. The molecule has 88 valence electrons. The van der Waals surface area contributed by atoms with E-state index in [2.05, 4.69) is 9.88 Å². The molecule has 1 N–H and O–H groups in total. The number of hydrogen-bond donors (Lipinski definition) is 1. The second-order valence-corrected chi connectivity index (χ2v) is 4.77. The second kappa shape index (κ2) is 4.83. The highest BCUT2D eigenvalue weighted by molar-refractivity contribution is 5.12. The van der Waals surface area contributed by atoms with E-state index in [1.165, 1.54) is 12.8 Å². The first-order valence-corrected chi connectivity index (χ1v) is 6.05. The molecule has 3 heteroatoms. The number of hydrogen-bond acceptors (Lipinski definition) is 2. The summed E-state index contributed by atoms with van der Waals surface area (Å²) in [5.74, 6) is 0.804. The van der Waals surface area contributed by atoms with Crippen LogP contribution in [0.2, 0.25) is 0 Å². The summed E-state index contributed by atoms with van der Waals surface area (Å²) in [6.45, 7) is 7.37. The highest BCUT2D eigenvalue weighted by Gasteiger charge is 2.14. The van der Waals surface area contributed by atoms with Gasteiger partial charge in [-0.25, -0.2) is 0 Å². The molecule has 1 aromatic rings. The van der Waals surface area contributed by atoms with Gasteiger partial charge < -0.3 is 9.88 Å². The molecule has 0 aliphatic carbocycles. The molecule has 1 aliphatic rings. The summed E-state index contributed by atoms with van der Waals surface area (Å²) in [6.07, 6.45) is 2.50. The zero-order chi connectivity index (χ0) is 11.5. The largest absolute Gasteiger partial charge is 0.349 e. The van der Waals surface area contributed by atoms with E-state index in [4.69, 9.17) is 0 Å². The predicted molar refractivity (Wildman–Crippen MR) is 65.8 cm³/mol. The first-order valence-electron chi connectivity index (χ1n) is 6.05. The van der Waals surface area contributed by atoms with E-state index in [0.29, 0.717) is 0 Å². The SMILES string of the molecule is Cc1cc(=O)cc(C)n1CCC1CCNC1. The Labute approximate surface area is 96.5 Å². The molecule has 1 atom stereocenters. The molecule has 16 heavy (non-hydrogen) atoms. The molecular weight excluding hydrogens is 200 g/mol. The van der Waals surface area contributed by atoms with Crippen LogP contribution in [0.3, 0.4) is 0 Å². The summed E-state index contributed by atoms with van der Waals surface area (Å²) in [4.78, 5) is 11.3. The van der Waals surface area contributed by atoms with Crippen molar-refractivity contribution in [2.45, 2.75) is 33.2 Å². The minimum atomic E-state index is 0.119. The van der Waals surface area contributed by atoms with Crippen LogP contribution in [0.4, 0.5) is 0 Å². The van der Waals surface area contributed by atoms with Crippen molar-refractivity contribution in [1.29, 1.82) is 0 Å². The van der Waals surface area contributed by atoms with Gasteiger partial charge in [-0.3, -0.25) is 4.79 Å². The maximum absolute atomic E-state index is 11.3. The van der Waals surface area contributed by atoms with Gasteiger partial charge in [0.2, 0.25) is 0 Å². The topological polar surface area (TPSA) is 34.0 Å². The van der Waals surface area contributed by atoms with Crippen molar-refractivity contribution in [1.82, 2.24) is 9.88 Å². The van der Waals surface area contributed by atoms with E-state index in [1.54, 1.807) is 12.1 Å². The van der Waals surface area contributed by atoms with Crippen LogP contribution in [0, 0.1) is 19.8 Å². The molecule has 1 saturated heterocycles. The number of aryl methyl sites for hydroxylation is 2. The van der Waals surface area contributed by atoms with E-state index in [1.807, 2.05) is 13.8 Å². The van der Waals surface area contributed by atoms with Gasteiger partial charge in [0.15, 0.2) is 5.43 Å². The van der Waals surface area contributed by atoms with Crippen LogP contribution >= 0.6 is 0 Å². The minimum Gasteiger partial charge on any atom is -0.349 e. The fourth-order valence-electron chi connectivity index (χ4n) is 2.51. The van der Waals surface area contributed by atoms with Crippen molar-refractivity contribution in [3.05, 3.63) is 33.7 Å². The Hall–Kier alpha value is -1.09. The molecule has 0 radical (unpaired) electrons. The van der Waals surface area contributed by atoms with Crippen LogP contribution in [-0.2, 0) is 6.54 Å². The normalized spacial score (nSPS) is 20.2. The lowest BCUT2D eigenvalue weighted by molar-refractivity contribution is 0.470. The maximum Gasteiger partial charge on any atom is 0.182 e. The number of rotatable bonds is 3. The third kappa shape index (κ3) is 2.53. The van der Waals surface area contributed by atoms with Gasteiger partial charge in [0, 0.05) is 30.1 Å². The van der Waals surface area contributed by atoms with Gasteiger partial charge >= 0.3 is 0 Å². The first-order chi connectivity index (χ1) is 7.66. The predicted octanol–water partition coefficient (Wildman–Crippen LogP) is 1.46. The number of nitrogens with zero attached hydrogens (tertiary/aromatic N) is 1. The molecule has 2 heterocycles. The van der Waals surface area contributed by atoms with Gasteiger partial charge in [-0.2, -0.15) is 0 Å². The van der Waals surface area contributed by atoms with Crippen LogP contribution in [-0.4, -0.2) is 17.7 Å². The highest BCUT2D eigenvalue weighted by atomic mass is 16.1. The molecule has 1 fully saturated rings. The second-order valence-electron chi connectivity index (χ2n) is 4.77. The van der Waals surface area contributed by atoms with Crippen molar-refractivity contribution >= 4 is 0 Å². The Morgan fingerprint density at radius 3 is 2.62 bits per heavy atom. The standard InChI is InChI=1S/C13H20N2O/c1-10-7-13(16)8-11(2)15(10)6-4-12-3-5-14-9-12/h7-8,12,14H,3-6,9H2,1-2H3. The van der Waals surface area contributed by atoms with Gasteiger partial charge in [-0.15, -0.1) is 0 Å². The Kier molecular flexibility index (Phi) is 3.44. The average Bonchev–Trinajstić information content (AvgIpc) is 2.68. The van der Waals surface area contributed by atoms with Crippen LogP contribution in [0.15, 0.2) is 16.9 Å². The summed E-state index contributed by atoms with van der Waals surface area (Å²) >= 11 is 0. The summed E-state index contributed by atoms with van der Waals surface area (Å²) in [6, 6.07) is 3.44. The molecule has 0 saturated carbocycles. The fourth-order valence-corrected chi connectivity index (χ4v) is 2.51. The van der Waals surface area contributed by atoms with Crippen LogP contribution in [0.5, 0.6) is 0 Å². The molecule has 3 nitrogen and oxygen atoms in total. The number of pyridine rings is 1. The van der Waals surface area contributed by atoms with Gasteiger partial charge in [0.1, 0.15) is 0 Å². The van der Waals surface area contributed by atoms with Crippen LogP contribution < -0.4 is 10.7 Å². The van der Waals surface area contributed by atoms with Crippen molar-refractivity contribution in [2.75, 3.05) is 13.1 Å². The third-order valence-electron chi connectivity index (χ3n) is 3.48. The summed E-state index contributed by atoms with van der Waals surface area (Å²) in [7, 11) is 0. The average molecular weight is 220 g/mol. The maximum atomic E-state index is 11.3. The van der Waals surface area contributed by atoms with Crippen molar-refractivity contribution < 1.29 is 0 Å². The van der Waals surface area contributed by atoms with Crippen molar-refractivity contribution in [3.8, 4) is 0 Å². The Bertz CT molecular complexity index is 390. The van der Waals surface area contributed by atoms with Crippen molar-refractivity contribution in [3.63, 3.8) is 0 Å². The Morgan fingerprint density at radius 2 is 2.06 bits per heavy atom. The molecule has 0 amide bonds. The van der Waals surface area contributed by atoms with E-state index in [-0.39, 0.29) is 5.43 Å². The number of nitrogens with one attached hydrogen (secondary N) is 1. The molecule has 0 spiro atoms. The van der Waals surface area contributed by atoms with E-state index in [9.17, 15) is 4.79 Å². The summed E-state index contributed by atoms with van der Waals surface area (Å²) < 4.78 is 2.25. The first kappa shape index (κ1) is 11.4.